The minimum atomic E-state index is 0.0751. The number of nitriles is 1. The first-order chi connectivity index (χ1) is 5.86. The van der Waals surface area contributed by atoms with E-state index < -0.39 is 0 Å². The van der Waals surface area contributed by atoms with Crippen LogP contribution in [0, 0.1) is 10.7 Å². The molecule has 0 saturated heterocycles. The number of aliphatic hydroxyl groups is 1. The second-order valence-corrected chi connectivity index (χ2v) is 3.11. The van der Waals surface area contributed by atoms with Gasteiger partial charge in [-0.05, 0) is 22.9 Å². The molecule has 0 saturated carbocycles. The maximum absolute atomic E-state index is 8.75. The van der Waals surface area contributed by atoms with Gasteiger partial charge in [0.2, 0.25) is 0 Å². The van der Waals surface area contributed by atoms with Gasteiger partial charge in [-0.3, -0.25) is 0 Å². The lowest BCUT2D eigenvalue weighted by Crippen LogP contribution is -1.84. The summed E-state index contributed by atoms with van der Waals surface area (Å²) in [6, 6.07) is 7.59. The Bertz CT molecular complexity index is 276. The number of hydrogen-bond donors (Lipinski definition) is 1. The zero-order valence-electron chi connectivity index (χ0n) is 6.53. The van der Waals surface area contributed by atoms with Crippen LogP contribution in [0.1, 0.15) is 11.1 Å². The molecule has 3 heteroatoms. The van der Waals surface area contributed by atoms with Gasteiger partial charge in [-0.25, -0.2) is 0 Å². The Morgan fingerprint density at radius 1 is 1.25 bits per heavy atom. The summed E-state index contributed by atoms with van der Waals surface area (Å²) in [7, 11) is 0. The van der Waals surface area contributed by atoms with Crippen molar-refractivity contribution in [2.45, 2.75) is 12.4 Å². The molecule has 0 aliphatic rings. The summed E-state index contributed by atoms with van der Waals surface area (Å²) in [6.45, 7) is 0.0751. The molecular weight excluding hydrogens is 170 g/mol. The highest BCUT2D eigenvalue weighted by molar-refractivity contribution is 8.02. The highest BCUT2D eigenvalue weighted by atomic mass is 32.2. The van der Waals surface area contributed by atoms with Crippen molar-refractivity contribution >= 4 is 11.8 Å². The zero-order valence-corrected chi connectivity index (χ0v) is 7.34. The Balaban J connectivity index is 2.60. The van der Waals surface area contributed by atoms with E-state index in [-0.39, 0.29) is 6.61 Å². The van der Waals surface area contributed by atoms with Crippen LogP contribution in [0.25, 0.3) is 0 Å². The molecule has 0 radical (unpaired) electrons. The van der Waals surface area contributed by atoms with Gasteiger partial charge < -0.3 is 5.11 Å². The topological polar surface area (TPSA) is 44.0 Å². The largest absolute Gasteiger partial charge is 0.392 e. The van der Waals surface area contributed by atoms with Crippen molar-refractivity contribution in [1.82, 2.24) is 0 Å². The summed E-state index contributed by atoms with van der Waals surface area (Å²) in [6.07, 6.45) is 0. The van der Waals surface area contributed by atoms with Gasteiger partial charge in [-0.2, -0.15) is 5.26 Å². The van der Waals surface area contributed by atoms with Gasteiger partial charge in [-0.1, -0.05) is 24.3 Å². The van der Waals surface area contributed by atoms with E-state index in [4.69, 9.17) is 10.4 Å². The van der Waals surface area contributed by atoms with Crippen molar-refractivity contribution in [2.24, 2.45) is 0 Å². The van der Waals surface area contributed by atoms with Crippen LogP contribution in [0.15, 0.2) is 24.3 Å². The van der Waals surface area contributed by atoms with Crippen molar-refractivity contribution in [2.75, 3.05) is 0 Å². The molecule has 0 spiro atoms. The summed E-state index contributed by atoms with van der Waals surface area (Å²) in [4.78, 5) is 0. The van der Waals surface area contributed by atoms with Gasteiger partial charge in [-0.15, -0.1) is 0 Å². The molecular formula is C9H9NOS. The van der Waals surface area contributed by atoms with Crippen LogP contribution in [-0.2, 0) is 12.4 Å². The molecule has 0 aliphatic carbocycles. The lowest BCUT2D eigenvalue weighted by atomic mass is 10.2. The molecule has 1 aromatic carbocycles. The second-order valence-electron chi connectivity index (χ2n) is 2.35. The quantitative estimate of drug-likeness (QED) is 0.721. The molecule has 1 aromatic rings. The predicted octanol–water partition coefficient (Wildman–Crippen LogP) is 1.89. The van der Waals surface area contributed by atoms with E-state index in [9.17, 15) is 0 Å². The van der Waals surface area contributed by atoms with E-state index in [0.29, 0.717) is 5.75 Å². The van der Waals surface area contributed by atoms with Crippen LogP contribution in [0.4, 0.5) is 0 Å². The Morgan fingerprint density at radius 2 is 1.83 bits per heavy atom. The van der Waals surface area contributed by atoms with Crippen LogP contribution >= 0.6 is 11.8 Å². The van der Waals surface area contributed by atoms with Gasteiger partial charge >= 0.3 is 0 Å². The van der Waals surface area contributed by atoms with Gasteiger partial charge in [0.1, 0.15) is 5.40 Å². The van der Waals surface area contributed by atoms with E-state index >= 15 is 0 Å². The number of thioether (sulfide) groups is 1. The average molecular weight is 179 g/mol. The van der Waals surface area contributed by atoms with Crippen molar-refractivity contribution in [3.05, 3.63) is 35.4 Å². The molecule has 1 rings (SSSR count). The fourth-order valence-electron chi connectivity index (χ4n) is 0.857. The van der Waals surface area contributed by atoms with E-state index in [1.807, 2.05) is 29.7 Å². The summed E-state index contributed by atoms with van der Waals surface area (Å²) < 4.78 is 0. The molecule has 0 atom stereocenters. The third-order valence-electron chi connectivity index (χ3n) is 1.51. The summed E-state index contributed by atoms with van der Waals surface area (Å²) in [5.74, 6) is 0.711. The highest BCUT2D eigenvalue weighted by Gasteiger charge is 1.93. The molecule has 0 heterocycles. The maximum atomic E-state index is 8.75. The third kappa shape index (κ3) is 2.57. The Labute approximate surface area is 75.8 Å². The number of aliphatic hydroxyl groups excluding tert-OH is 1. The van der Waals surface area contributed by atoms with Crippen molar-refractivity contribution in [3.63, 3.8) is 0 Å². The zero-order chi connectivity index (χ0) is 8.81. The first-order valence-corrected chi connectivity index (χ1v) is 4.55. The van der Waals surface area contributed by atoms with Crippen LogP contribution in [0.2, 0.25) is 0 Å². The van der Waals surface area contributed by atoms with E-state index in [2.05, 4.69) is 0 Å². The van der Waals surface area contributed by atoms with Gasteiger partial charge in [0, 0.05) is 5.75 Å². The number of rotatable bonds is 3. The lowest BCUT2D eigenvalue weighted by Gasteiger charge is -1.98. The van der Waals surface area contributed by atoms with Crippen molar-refractivity contribution in [1.29, 1.82) is 5.26 Å². The fourth-order valence-corrected chi connectivity index (χ4v) is 1.28. The monoisotopic (exact) mass is 179 g/mol. The molecule has 0 fully saturated rings. The smallest absolute Gasteiger partial charge is 0.133 e. The highest BCUT2D eigenvalue weighted by Crippen LogP contribution is 2.11. The first-order valence-electron chi connectivity index (χ1n) is 3.56. The van der Waals surface area contributed by atoms with Crippen LogP contribution < -0.4 is 0 Å². The molecule has 1 N–H and O–H groups in total. The van der Waals surface area contributed by atoms with Gasteiger partial charge in [0.25, 0.3) is 0 Å². The number of hydrogen-bond acceptors (Lipinski definition) is 3. The standard InChI is InChI=1S/C9H9NOS/c10-7-12-6-9-3-1-8(5-11)2-4-9/h1-4,11H,5-6H2. The van der Waals surface area contributed by atoms with E-state index in [1.54, 1.807) is 0 Å². The molecule has 0 aliphatic heterocycles. The minimum Gasteiger partial charge on any atom is -0.392 e. The Hall–Kier alpha value is -0.980. The Morgan fingerprint density at radius 3 is 2.33 bits per heavy atom. The molecule has 0 amide bonds. The summed E-state index contributed by atoms with van der Waals surface area (Å²) in [5, 5.41) is 19.1. The van der Waals surface area contributed by atoms with Gasteiger partial charge in [0.05, 0.1) is 6.61 Å². The van der Waals surface area contributed by atoms with Gasteiger partial charge in [0.15, 0.2) is 0 Å². The lowest BCUT2D eigenvalue weighted by molar-refractivity contribution is 0.282. The third-order valence-corrected chi connectivity index (χ3v) is 2.12. The number of benzene rings is 1. The van der Waals surface area contributed by atoms with E-state index in [0.717, 1.165) is 11.1 Å². The number of thiocyanates is 1. The Kier molecular flexibility index (Phi) is 3.65. The SMILES string of the molecule is N#CSCc1ccc(CO)cc1. The molecule has 0 bridgehead atoms. The maximum Gasteiger partial charge on any atom is 0.133 e. The second kappa shape index (κ2) is 4.81. The molecule has 12 heavy (non-hydrogen) atoms. The van der Waals surface area contributed by atoms with E-state index in [1.165, 1.54) is 11.8 Å². The summed E-state index contributed by atoms with van der Waals surface area (Å²) >= 11 is 1.22. The number of nitrogens with zero attached hydrogens (tertiary/aromatic N) is 1. The molecule has 62 valence electrons. The normalized spacial score (nSPS) is 9.33. The van der Waals surface area contributed by atoms with Crippen LogP contribution in [-0.4, -0.2) is 5.11 Å². The predicted molar refractivity (Wildman–Crippen MR) is 49.3 cm³/mol. The molecule has 2 nitrogen and oxygen atoms in total. The van der Waals surface area contributed by atoms with Crippen LogP contribution in [0.5, 0.6) is 0 Å². The average Bonchev–Trinajstić information content (AvgIpc) is 2.15. The van der Waals surface area contributed by atoms with Crippen LogP contribution in [0.3, 0.4) is 0 Å². The van der Waals surface area contributed by atoms with Crippen molar-refractivity contribution < 1.29 is 5.11 Å². The fraction of sp³-hybridized carbons (Fsp3) is 0.222. The minimum absolute atomic E-state index is 0.0751. The molecule has 0 aromatic heterocycles. The summed E-state index contributed by atoms with van der Waals surface area (Å²) in [5.41, 5.74) is 2.01. The van der Waals surface area contributed by atoms with Crippen molar-refractivity contribution in [3.8, 4) is 5.40 Å². The first kappa shape index (κ1) is 9.11. The molecule has 0 unspecified atom stereocenters.